The van der Waals surface area contributed by atoms with Gasteiger partial charge in [-0.25, -0.2) is 4.98 Å². The van der Waals surface area contributed by atoms with Gasteiger partial charge in [-0.1, -0.05) is 53.6 Å². The fraction of sp³-hybridized carbons (Fsp3) is 0.259. The van der Waals surface area contributed by atoms with Crippen LogP contribution in [0.2, 0.25) is 0 Å². The summed E-state index contributed by atoms with van der Waals surface area (Å²) in [5, 5.41) is 14.8. The summed E-state index contributed by atoms with van der Waals surface area (Å²) in [7, 11) is 0. The van der Waals surface area contributed by atoms with E-state index in [0.29, 0.717) is 38.4 Å². The molecular formula is C27H24F3N7O2. The molecule has 0 radical (unpaired) electrons. The molecule has 2 N–H and O–H groups in total. The van der Waals surface area contributed by atoms with Crippen LogP contribution in [0.4, 0.5) is 30.7 Å². The SMILES string of the molecule is FC(F)(F)c1ccc(-c2nnc(NC3CNc4ccccc4C(c4ccccc4)=N3)o2)c(N2CCOCC2)n1. The molecule has 4 heterocycles. The number of nitrogens with zero attached hydrogens (tertiary/aromatic N) is 5. The van der Waals surface area contributed by atoms with Crippen LogP contribution in [0.25, 0.3) is 11.5 Å². The van der Waals surface area contributed by atoms with Gasteiger partial charge >= 0.3 is 12.2 Å². The lowest BCUT2D eigenvalue weighted by molar-refractivity contribution is -0.141. The number of aromatic nitrogens is 3. The maximum absolute atomic E-state index is 13.4. The Bertz CT molecular complexity index is 1480. The average Bonchev–Trinajstić information content (AvgIpc) is 3.35. The van der Waals surface area contributed by atoms with Gasteiger partial charge in [-0.05, 0) is 18.2 Å². The van der Waals surface area contributed by atoms with Crippen molar-refractivity contribution in [3.8, 4) is 11.5 Å². The number of halogens is 3. The van der Waals surface area contributed by atoms with Crippen molar-refractivity contribution in [1.29, 1.82) is 0 Å². The third-order valence-electron chi connectivity index (χ3n) is 6.42. The van der Waals surface area contributed by atoms with Crippen LogP contribution in [0.1, 0.15) is 16.8 Å². The highest BCUT2D eigenvalue weighted by Gasteiger charge is 2.34. The Morgan fingerprint density at radius 3 is 2.46 bits per heavy atom. The molecule has 39 heavy (non-hydrogen) atoms. The predicted octanol–water partition coefficient (Wildman–Crippen LogP) is 4.69. The fourth-order valence-electron chi connectivity index (χ4n) is 4.55. The van der Waals surface area contributed by atoms with Crippen LogP contribution in [-0.2, 0) is 10.9 Å². The van der Waals surface area contributed by atoms with E-state index in [-0.39, 0.29) is 17.7 Å². The molecular weight excluding hydrogens is 511 g/mol. The molecule has 2 aromatic heterocycles. The summed E-state index contributed by atoms with van der Waals surface area (Å²) in [6, 6.07) is 20.1. The van der Waals surface area contributed by atoms with Crippen molar-refractivity contribution in [2.75, 3.05) is 48.4 Å². The smallest absolute Gasteiger partial charge is 0.403 e. The molecule has 1 saturated heterocycles. The van der Waals surface area contributed by atoms with Crippen LogP contribution >= 0.6 is 0 Å². The van der Waals surface area contributed by atoms with Gasteiger partial charge in [-0.2, -0.15) is 13.2 Å². The molecule has 2 aromatic carbocycles. The normalized spacial score (nSPS) is 17.6. The Hall–Kier alpha value is -4.45. The van der Waals surface area contributed by atoms with E-state index < -0.39 is 18.0 Å². The topological polar surface area (TPSA) is 101 Å². The van der Waals surface area contributed by atoms with E-state index in [1.165, 1.54) is 6.07 Å². The monoisotopic (exact) mass is 535 g/mol. The molecule has 0 amide bonds. The number of anilines is 3. The molecule has 0 saturated carbocycles. The number of aliphatic imine (C=N–C) groups is 1. The van der Waals surface area contributed by atoms with Gasteiger partial charge in [0.2, 0.25) is 0 Å². The van der Waals surface area contributed by atoms with Crippen molar-refractivity contribution < 1.29 is 22.3 Å². The number of nitrogens with one attached hydrogen (secondary N) is 2. The molecule has 200 valence electrons. The number of pyridine rings is 1. The van der Waals surface area contributed by atoms with Crippen molar-refractivity contribution in [3.05, 3.63) is 83.6 Å². The highest BCUT2D eigenvalue weighted by molar-refractivity contribution is 6.16. The molecule has 0 bridgehead atoms. The minimum Gasteiger partial charge on any atom is -0.403 e. The fourth-order valence-corrected chi connectivity index (χ4v) is 4.55. The van der Waals surface area contributed by atoms with Gasteiger partial charge in [0, 0.05) is 29.9 Å². The van der Waals surface area contributed by atoms with Crippen molar-refractivity contribution in [3.63, 3.8) is 0 Å². The number of hydrogen-bond donors (Lipinski definition) is 2. The number of morpholine rings is 1. The lowest BCUT2D eigenvalue weighted by Gasteiger charge is -2.29. The Balaban J connectivity index is 1.31. The second-order valence-electron chi connectivity index (χ2n) is 9.01. The Labute approximate surface area is 221 Å². The zero-order valence-corrected chi connectivity index (χ0v) is 20.7. The molecule has 4 aromatic rings. The Kier molecular flexibility index (Phi) is 6.61. The van der Waals surface area contributed by atoms with Gasteiger partial charge in [0.25, 0.3) is 5.89 Å². The van der Waals surface area contributed by atoms with Crippen molar-refractivity contribution in [2.24, 2.45) is 4.99 Å². The van der Waals surface area contributed by atoms with Crippen LogP contribution in [0.15, 0.2) is 76.1 Å². The first-order chi connectivity index (χ1) is 19.0. The van der Waals surface area contributed by atoms with Gasteiger partial charge in [-0.3, -0.25) is 4.99 Å². The highest BCUT2D eigenvalue weighted by atomic mass is 19.4. The van der Waals surface area contributed by atoms with Gasteiger partial charge in [-0.15, -0.1) is 5.10 Å². The largest absolute Gasteiger partial charge is 0.433 e. The van der Waals surface area contributed by atoms with Crippen molar-refractivity contribution >= 4 is 23.2 Å². The third kappa shape index (κ3) is 5.28. The summed E-state index contributed by atoms with van der Waals surface area (Å²) in [5.41, 5.74) is 2.99. The van der Waals surface area contributed by atoms with Gasteiger partial charge in [0.15, 0.2) is 0 Å². The van der Waals surface area contributed by atoms with Crippen LogP contribution < -0.4 is 15.5 Å². The number of benzodiazepines with no additional fused rings is 1. The minimum atomic E-state index is -4.58. The van der Waals surface area contributed by atoms with E-state index in [1.807, 2.05) is 54.6 Å². The Morgan fingerprint density at radius 2 is 1.67 bits per heavy atom. The summed E-state index contributed by atoms with van der Waals surface area (Å²) in [4.78, 5) is 10.6. The summed E-state index contributed by atoms with van der Waals surface area (Å²) in [6.07, 6.45) is -5.05. The molecule has 1 atom stereocenters. The molecule has 12 heteroatoms. The molecule has 2 aliphatic rings. The van der Waals surface area contributed by atoms with Crippen molar-refractivity contribution in [1.82, 2.24) is 15.2 Å². The number of benzene rings is 2. The molecule has 0 aliphatic carbocycles. The van der Waals surface area contributed by atoms with Crippen LogP contribution in [-0.4, -0.2) is 59.9 Å². The maximum Gasteiger partial charge on any atom is 0.433 e. The zero-order chi connectivity index (χ0) is 26.8. The minimum absolute atomic E-state index is 0.0531. The lowest BCUT2D eigenvalue weighted by Crippen LogP contribution is -2.37. The van der Waals surface area contributed by atoms with Crippen LogP contribution in [0.5, 0.6) is 0 Å². The second-order valence-corrected chi connectivity index (χ2v) is 9.01. The number of alkyl halides is 3. The van der Waals surface area contributed by atoms with E-state index in [0.717, 1.165) is 28.6 Å². The standard InChI is InChI=1S/C27H24F3N7O2/c28-27(29,30)21-11-10-19(24(32-21)37-12-14-38-15-13-37)25-35-36-26(39-25)34-22-16-31-20-9-5-4-8-18(20)23(33-22)17-6-2-1-3-7-17/h1-11,22,31H,12-16H2,(H,34,36). The average molecular weight is 536 g/mol. The molecule has 6 rings (SSSR count). The van der Waals surface area contributed by atoms with Crippen LogP contribution in [0.3, 0.4) is 0 Å². The first-order valence-corrected chi connectivity index (χ1v) is 12.4. The summed E-state index contributed by atoms with van der Waals surface area (Å²) < 4.78 is 51.5. The maximum atomic E-state index is 13.4. The second kappa shape index (κ2) is 10.4. The molecule has 0 spiro atoms. The van der Waals surface area contributed by atoms with E-state index in [2.05, 4.69) is 25.8 Å². The molecule has 1 fully saturated rings. The summed E-state index contributed by atoms with van der Waals surface area (Å²) in [5.74, 6) is 0.177. The van der Waals surface area contributed by atoms with Gasteiger partial charge in [0.05, 0.1) is 31.0 Å². The van der Waals surface area contributed by atoms with E-state index in [9.17, 15) is 13.2 Å². The number of fused-ring (bicyclic) bond motifs is 1. The number of para-hydroxylation sites is 1. The first kappa shape index (κ1) is 24.9. The Morgan fingerprint density at radius 1 is 0.897 bits per heavy atom. The highest BCUT2D eigenvalue weighted by Crippen LogP contribution is 2.35. The third-order valence-corrected chi connectivity index (χ3v) is 6.42. The lowest BCUT2D eigenvalue weighted by atomic mass is 10.0. The zero-order valence-electron chi connectivity index (χ0n) is 20.7. The van der Waals surface area contributed by atoms with Crippen LogP contribution in [0, 0.1) is 0 Å². The predicted molar refractivity (Wildman–Crippen MR) is 140 cm³/mol. The first-order valence-electron chi connectivity index (χ1n) is 12.4. The number of hydrogen-bond acceptors (Lipinski definition) is 9. The quantitative estimate of drug-likeness (QED) is 0.380. The molecule has 9 nitrogen and oxygen atoms in total. The van der Waals surface area contributed by atoms with Gasteiger partial charge < -0.3 is 24.7 Å². The molecule has 2 aliphatic heterocycles. The van der Waals surface area contributed by atoms with Gasteiger partial charge in [0.1, 0.15) is 17.7 Å². The van der Waals surface area contributed by atoms with Crippen molar-refractivity contribution in [2.45, 2.75) is 12.3 Å². The van der Waals surface area contributed by atoms with E-state index in [1.54, 1.807) is 4.90 Å². The molecule has 1 unspecified atom stereocenters. The van der Waals surface area contributed by atoms with E-state index in [4.69, 9.17) is 14.1 Å². The number of rotatable bonds is 5. The summed E-state index contributed by atoms with van der Waals surface area (Å²) in [6.45, 7) is 1.99. The summed E-state index contributed by atoms with van der Waals surface area (Å²) >= 11 is 0. The number of ether oxygens (including phenoxy) is 1. The van der Waals surface area contributed by atoms with E-state index >= 15 is 0 Å².